The first kappa shape index (κ1) is 11.1. The molecule has 0 unspecified atom stereocenters. The summed E-state index contributed by atoms with van der Waals surface area (Å²) in [6.07, 6.45) is 0.708. The van der Waals surface area contributed by atoms with Gasteiger partial charge in [-0.05, 0) is 41.4 Å². The average molecular weight is 279 g/mol. The number of benzene rings is 1. The summed E-state index contributed by atoms with van der Waals surface area (Å²) in [5, 5.41) is 0. The van der Waals surface area contributed by atoms with Crippen LogP contribution in [-0.2, 0) is 0 Å². The van der Waals surface area contributed by atoms with Crippen molar-refractivity contribution >= 4 is 22.2 Å². The smallest absolute Gasteiger partial charge is 0.185 e. The first-order chi connectivity index (χ1) is 7.61. The van der Waals surface area contributed by atoms with Gasteiger partial charge in [0.05, 0.1) is 4.47 Å². The van der Waals surface area contributed by atoms with Crippen molar-refractivity contribution < 1.29 is 9.21 Å². The molecule has 0 aliphatic heterocycles. The lowest BCUT2D eigenvalue weighted by Crippen LogP contribution is -1.83. The monoisotopic (exact) mass is 278 g/mol. The molecule has 16 heavy (non-hydrogen) atoms. The first-order valence-corrected chi connectivity index (χ1v) is 5.73. The Morgan fingerprint density at radius 2 is 2.00 bits per heavy atom. The molecular formula is C13H11BrO2. The summed E-state index contributed by atoms with van der Waals surface area (Å²) < 4.78 is 6.28. The molecule has 0 aliphatic carbocycles. The molecule has 0 N–H and O–H groups in total. The van der Waals surface area contributed by atoms with E-state index in [-0.39, 0.29) is 0 Å². The minimum Gasteiger partial charge on any atom is -0.452 e. The number of hydrogen-bond donors (Lipinski definition) is 0. The fourth-order valence-electron chi connectivity index (χ4n) is 1.61. The summed E-state index contributed by atoms with van der Waals surface area (Å²) in [4.78, 5) is 10.6. The zero-order valence-corrected chi connectivity index (χ0v) is 10.7. The largest absolute Gasteiger partial charge is 0.452 e. The number of carbonyl (C=O) groups is 1. The maximum absolute atomic E-state index is 10.6. The van der Waals surface area contributed by atoms with E-state index in [1.165, 1.54) is 0 Å². The van der Waals surface area contributed by atoms with Gasteiger partial charge in [-0.3, -0.25) is 4.79 Å². The van der Waals surface area contributed by atoms with E-state index in [9.17, 15) is 4.79 Å². The number of rotatable bonds is 2. The average Bonchev–Trinajstić information content (AvgIpc) is 2.63. The molecule has 82 valence electrons. The SMILES string of the molecule is Cc1ccc(C)c(-c2oc(C=O)cc2Br)c1. The second-order valence-corrected chi connectivity index (χ2v) is 4.62. The third kappa shape index (κ3) is 1.95. The van der Waals surface area contributed by atoms with Gasteiger partial charge in [0.1, 0.15) is 5.76 Å². The third-order valence-corrected chi connectivity index (χ3v) is 3.05. The summed E-state index contributed by atoms with van der Waals surface area (Å²) in [5.41, 5.74) is 3.30. The van der Waals surface area contributed by atoms with E-state index in [4.69, 9.17) is 4.42 Å². The minimum absolute atomic E-state index is 0.336. The van der Waals surface area contributed by atoms with Crippen molar-refractivity contribution in [3.8, 4) is 11.3 Å². The number of furan rings is 1. The normalized spacial score (nSPS) is 10.4. The molecule has 0 spiro atoms. The van der Waals surface area contributed by atoms with Gasteiger partial charge in [-0.1, -0.05) is 17.7 Å². The second-order valence-electron chi connectivity index (χ2n) is 3.76. The molecule has 3 heteroatoms. The van der Waals surface area contributed by atoms with Crippen LogP contribution in [0.3, 0.4) is 0 Å². The highest BCUT2D eigenvalue weighted by Gasteiger charge is 2.12. The molecule has 0 saturated heterocycles. The van der Waals surface area contributed by atoms with Gasteiger partial charge in [-0.2, -0.15) is 0 Å². The lowest BCUT2D eigenvalue weighted by atomic mass is 10.0. The number of aryl methyl sites for hydroxylation is 2. The maximum atomic E-state index is 10.6. The molecule has 1 heterocycles. The predicted molar refractivity (Wildman–Crippen MR) is 66.7 cm³/mol. The van der Waals surface area contributed by atoms with E-state index in [1.54, 1.807) is 6.07 Å². The van der Waals surface area contributed by atoms with E-state index in [0.717, 1.165) is 21.2 Å². The van der Waals surface area contributed by atoms with Crippen molar-refractivity contribution in [2.45, 2.75) is 13.8 Å². The van der Waals surface area contributed by atoms with Gasteiger partial charge in [-0.15, -0.1) is 0 Å². The van der Waals surface area contributed by atoms with Crippen molar-refractivity contribution in [1.82, 2.24) is 0 Å². The molecule has 0 bridgehead atoms. The number of hydrogen-bond acceptors (Lipinski definition) is 2. The van der Waals surface area contributed by atoms with Gasteiger partial charge in [0, 0.05) is 11.6 Å². The molecule has 2 nitrogen and oxygen atoms in total. The number of halogens is 1. The lowest BCUT2D eigenvalue weighted by molar-refractivity contribution is 0.110. The van der Waals surface area contributed by atoms with Crippen LogP contribution < -0.4 is 0 Å². The quantitative estimate of drug-likeness (QED) is 0.773. The van der Waals surface area contributed by atoms with Gasteiger partial charge < -0.3 is 4.42 Å². The van der Waals surface area contributed by atoms with Crippen LogP contribution in [0.5, 0.6) is 0 Å². The van der Waals surface area contributed by atoms with E-state index in [0.29, 0.717) is 17.8 Å². The fraction of sp³-hybridized carbons (Fsp3) is 0.154. The summed E-state index contributed by atoms with van der Waals surface area (Å²) in [6, 6.07) is 7.83. The van der Waals surface area contributed by atoms with Gasteiger partial charge in [-0.25, -0.2) is 0 Å². The highest BCUT2D eigenvalue weighted by Crippen LogP contribution is 2.33. The van der Waals surface area contributed by atoms with Gasteiger partial charge in [0.2, 0.25) is 0 Å². The topological polar surface area (TPSA) is 30.2 Å². The van der Waals surface area contributed by atoms with E-state index in [2.05, 4.69) is 22.0 Å². The van der Waals surface area contributed by atoms with Gasteiger partial charge >= 0.3 is 0 Å². The van der Waals surface area contributed by atoms with Crippen LogP contribution in [-0.4, -0.2) is 6.29 Å². The molecule has 0 atom stereocenters. The highest BCUT2D eigenvalue weighted by molar-refractivity contribution is 9.10. The highest BCUT2D eigenvalue weighted by atomic mass is 79.9. The minimum atomic E-state index is 0.336. The summed E-state index contributed by atoms with van der Waals surface area (Å²) >= 11 is 3.40. The molecule has 0 fully saturated rings. The molecule has 0 aliphatic rings. The van der Waals surface area contributed by atoms with Crippen LogP contribution in [0.4, 0.5) is 0 Å². The molecule has 2 rings (SSSR count). The number of aldehydes is 1. The maximum Gasteiger partial charge on any atom is 0.185 e. The summed E-state index contributed by atoms with van der Waals surface area (Å²) in [7, 11) is 0. The van der Waals surface area contributed by atoms with Crippen molar-refractivity contribution in [1.29, 1.82) is 0 Å². The Kier molecular flexibility index (Phi) is 2.97. The van der Waals surface area contributed by atoms with Crippen molar-refractivity contribution in [3.05, 3.63) is 45.6 Å². The Hall–Kier alpha value is -1.35. The van der Waals surface area contributed by atoms with Crippen LogP contribution in [0.25, 0.3) is 11.3 Å². The molecule has 0 saturated carbocycles. The van der Waals surface area contributed by atoms with E-state index in [1.807, 2.05) is 26.0 Å². The summed E-state index contributed by atoms with van der Waals surface area (Å²) in [5.74, 6) is 1.05. The molecule has 0 radical (unpaired) electrons. The Labute approximate surface area is 102 Å². The predicted octanol–water partition coefficient (Wildman–Crippen LogP) is 4.14. The lowest BCUT2D eigenvalue weighted by Gasteiger charge is -2.04. The Morgan fingerprint density at radius 3 is 2.62 bits per heavy atom. The molecule has 0 amide bonds. The van der Waals surface area contributed by atoms with Crippen LogP contribution in [0.1, 0.15) is 21.7 Å². The van der Waals surface area contributed by atoms with E-state index < -0.39 is 0 Å². The van der Waals surface area contributed by atoms with Crippen molar-refractivity contribution in [2.24, 2.45) is 0 Å². The van der Waals surface area contributed by atoms with Crippen LogP contribution >= 0.6 is 15.9 Å². The third-order valence-electron chi connectivity index (χ3n) is 2.46. The van der Waals surface area contributed by atoms with Crippen LogP contribution in [0, 0.1) is 13.8 Å². The molecular weight excluding hydrogens is 268 g/mol. The summed E-state index contributed by atoms with van der Waals surface area (Å²) in [6.45, 7) is 4.05. The van der Waals surface area contributed by atoms with Crippen LogP contribution in [0.15, 0.2) is 33.2 Å². The zero-order chi connectivity index (χ0) is 11.7. The van der Waals surface area contributed by atoms with Crippen LogP contribution in [0.2, 0.25) is 0 Å². The zero-order valence-electron chi connectivity index (χ0n) is 9.08. The van der Waals surface area contributed by atoms with Crippen molar-refractivity contribution in [2.75, 3.05) is 0 Å². The fourth-order valence-corrected chi connectivity index (χ4v) is 2.13. The van der Waals surface area contributed by atoms with Crippen molar-refractivity contribution in [3.63, 3.8) is 0 Å². The number of carbonyl (C=O) groups excluding carboxylic acids is 1. The van der Waals surface area contributed by atoms with Gasteiger partial charge in [0.25, 0.3) is 0 Å². The second kappa shape index (κ2) is 4.26. The standard InChI is InChI=1S/C13H11BrO2/c1-8-3-4-9(2)11(5-8)13-12(14)6-10(7-15)16-13/h3-7H,1-2H3. The van der Waals surface area contributed by atoms with Gasteiger partial charge in [0.15, 0.2) is 12.0 Å². The Bertz CT molecular complexity index is 541. The van der Waals surface area contributed by atoms with E-state index >= 15 is 0 Å². The molecule has 2 aromatic rings. The Balaban J connectivity index is 2.61. The Morgan fingerprint density at radius 1 is 1.25 bits per heavy atom. The molecule has 1 aromatic heterocycles. The first-order valence-electron chi connectivity index (χ1n) is 4.94. The molecule has 1 aromatic carbocycles.